The van der Waals surface area contributed by atoms with Crippen LogP contribution in [-0.4, -0.2) is 21.9 Å². The molecule has 0 saturated heterocycles. The smallest absolute Gasteiger partial charge is 0.453 e. The Kier molecular flexibility index (Phi) is 5.87. The van der Waals surface area contributed by atoms with E-state index in [9.17, 15) is 13.2 Å². The third kappa shape index (κ3) is 5.03. The zero-order chi connectivity index (χ0) is 20.1. The van der Waals surface area contributed by atoms with Gasteiger partial charge in [-0.25, -0.2) is 4.98 Å². The van der Waals surface area contributed by atoms with E-state index in [1.807, 2.05) is 55.5 Å². The molecule has 0 aliphatic rings. The Hall–Kier alpha value is -3.03. The molecule has 2 aromatic carbocycles. The van der Waals surface area contributed by atoms with Gasteiger partial charge in [-0.15, -0.1) is 5.10 Å². The Morgan fingerprint density at radius 2 is 1.64 bits per heavy atom. The minimum Gasteiger partial charge on any atom is -0.497 e. The maximum Gasteiger partial charge on any atom is 0.453 e. The zero-order valence-corrected chi connectivity index (χ0v) is 15.5. The first-order valence-electron chi connectivity index (χ1n) is 8.71. The molecule has 8 heteroatoms. The lowest BCUT2D eigenvalue weighted by molar-refractivity contribution is -0.145. The molecule has 3 rings (SSSR count). The Balaban J connectivity index is 1.55. The molecule has 0 aliphatic carbocycles. The summed E-state index contributed by atoms with van der Waals surface area (Å²) < 4.78 is 49.8. The summed E-state index contributed by atoms with van der Waals surface area (Å²) in [6.45, 7) is 2.27. The normalized spacial score (nSPS) is 12.6. The quantitative estimate of drug-likeness (QED) is 0.586. The highest BCUT2D eigenvalue weighted by Gasteiger charge is 2.35. The number of benzene rings is 2. The van der Waals surface area contributed by atoms with Crippen LogP contribution in [0.1, 0.15) is 30.0 Å². The van der Waals surface area contributed by atoms with E-state index in [1.165, 1.54) is 4.68 Å². The van der Waals surface area contributed by atoms with E-state index in [-0.39, 0.29) is 6.10 Å². The number of halogens is 3. The third-order valence-corrected chi connectivity index (χ3v) is 4.24. The van der Waals surface area contributed by atoms with E-state index in [0.29, 0.717) is 18.7 Å². The Bertz CT molecular complexity index is 890. The molecule has 0 saturated carbocycles. The van der Waals surface area contributed by atoms with Crippen LogP contribution < -0.4 is 9.47 Å². The molecule has 0 amide bonds. The fraction of sp³-hybridized carbons (Fsp3) is 0.300. The lowest BCUT2D eigenvalue weighted by atomic mass is 10.1. The molecule has 1 atom stereocenters. The van der Waals surface area contributed by atoms with Crippen molar-refractivity contribution in [2.45, 2.75) is 32.2 Å². The van der Waals surface area contributed by atoms with Crippen molar-refractivity contribution >= 4 is 0 Å². The van der Waals surface area contributed by atoms with E-state index < -0.39 is 12.0 Å². The maximum absolute atomic E-state index is 12.5. The van der Waals surface area contributed by atoms with Gasteiger partial charge in [-0.2, -0.15) is 13.2 Å². The van der Waals surface area contributed by atoms with Crippen LogP contribution in [0, 0.1) is 0 Å². The summed E-state index contributed by atoms with van der Waals surface area (Å²) in [6, 6.07) is 15.1. The van der Waals surface area contributed by atoms with Gasteiger partial charge < -0.3 is 9.47 Å². The van der Waals surface area contributed by atoms with Crippen molar-refractivity contribution in [2.24, 2.45) is 0 Å². The average Bonchev–Trinajstić information content (AvgIpc) is 3.17. The van der Waals surface area contributed by atoms with Crippen molar-refractivity contribution in [3.05, 3.63) is 71.8 Å². The Morgan fingerprint density at radius 3 is 2.21 bits per heavy atom. The van der Waals surface area contributed by atoms with E-state index in [0.717, 1.165) is 23.2 Å². The Morgan fingerprint density at radius 1 is 1.00 bits per heavy atom. The second kappa shape index (κ2) is 8.33. The first kappa shape index (κ1) is 19.7. The molecule has 0 radical (unpaired) electrons. The summed E-state index contributed by atoms with van der Waals surface area (Å²) in [6.07, 6.45) is -3.02. The molecule has 0 fully saturated rings. The van der Waals surface area contributed by atoms with Crippen LogP contribution in [0.4, 0.5) is 13.2 Å². The highest BCUT2D eigenvalue weighted by atomic mass is 19.4. The van der Waals surface area contributed by atoms with E-state index in [4.69, 9.17) is 9.47 Å². The van der Waals surface area contributed by atoms with Gasteiger partial charge >= 0.3 is 6.18 Å². The topological polar surface area (TPSA) is 49.2 Å². The van der Waals surface area contributed by atoms with Gasteiger partial charge in [-0.3, -0.25) is 4.68 Å². The van der Waals surface area contributed by atoms with E-state index in [1.54, 1.807) is 7.11 Å². The van der Waals surface area contributed by atoms with Gasteiger partial charge in [-0.1, -0.05) is 24.3 Å². The first-order chi connectivity index (χ1) is 13.3. The van der Waals surface area contributed by atoms with Crippen molar-refractivity contribution in [1.82, 2.24) is 14.8 Å². The number of rotatable bonds is 7. The third-order valence-electron chi connectivity index (χ3n) is 4.24. The predicted molar refractivity (Wildman–Crippen MR) is 97.2 cm³/mol. The lowest BCUT2D eigenvalue weighted by Gasteiger charge is -2.16. The molecule has 148 valence electrons. The minimum atomic E-state index is -4.52. The summed E-state index contributed by atoms with van der Waals surface area (Å²) in [5, 5.41) is 3.45. The van der Waals surface area contributed by atoms with Crippen LogP contribution in [0.25, 0.3) is 0 Å². The molecule has 0 spiro atoms. The van der Waals surface area contributed by atoms with Gasteiger partial charge in [0, 0.05) is 6.54 Å². The van der Waals surface area contributed by atoms with Gasteiger partial charge in [0.1, 0.15) is 23.9 Å². The predicted octanol–water partition coefficient (Wildman–Crippen LogP) is 4.69. The van der Waals surface area contributed by atoms with Crippen molar-refractivity contribution in [1.29, 1.82) is 0 Å². The number of ether oxygens (including phenoxy) is 2. The van der Waals surface area contributed by atoms with Gasteiger partial charge in [0.05, 0.1) is 7.11 Å². The Labute approximate surface area is 160 Å². The standard InChI is InChI=1S/C20H20F3N3O2/c1-14(16-5-9-17(27-2)10-6-16)28-18-7-3-15(4-8-18)11-12-26-13-24-19(25-26)20(21,22)23/h3-10,13-14H,11-12H2,1-2H3. The second-order valence-electron chi connectivity index (χ2n) is 6.26. The molecule has 1 unspecified atom stereocenters. The number of hydrogen-bond donors (Lipinski definition) is 0. The van der Waals surface area contributed by atoms with Gasteiger partial charge in [0.25, 0.3) is 5.82 Å². The van der Waals surface area contributed by atoms with Gasteiger partial charge in [-0.05, 0) is 48.7 Å². The summed E-state index contributed by atoms with van der Waals surface area (Å²) in [5.41, 5.74) is 1.99. The summed E-state index contributed by atoms with van der Waals surface area (Å²) in [4.78, 5) is 3.29. The minimum absolute atomic E-state index is 0.132. The number of nitrogens with zero attached hydrogens (tertiary/aromatic N) is 3. The highest BCUT2D eigenvalue weighted by Crippen LogP contribution is 2.26. The molecule has 0 bridgehead atoms. The van der Waals surface area contributed by atoms with Crippen LogP contribution in [0.3, 0.4) is 0 Å². The SMILES string of the molecule is COc1ccc(C(C)Oc2ccc(CCn3cnc(C(F)(F)F)n3)cc2)cc1. The molecule has 3 aromatic rings. The van der Waals surface area contributed by atoms with Crippen molar-refractivity contribution in [3.63, 3.8) is 0 Å². The molecular formula is C20H20F3N3O2. The van der Waals surface area contributed by atoms with Crippen LogP contribution in [0.15, 0.2) is 54.9 Å². The number of aromatic nitrogens is 3. The second-order valence-corrected chi connectivity index (χ2v) is 6.26. The molecular weight excluding hydrogens is 371 g/mol. The highest BCUT2D eigenvalue weighted by molar-refractivity contribution is 5.31. The largest absolute Gasteiger partial charge is 0.497 e. The van der Waals surface area contributed by atoms with Crippen LogP contribution in [0.2, 0.25) is 0 Å². The molecule has 0 N–H and O–H groups in total. The van der Waals surface area contributed by atoms with Crippen molar-refractivity contribution < 1.29 is 22.6 Å². The molecule has 28 heavy (non-hydrogen) atoms. The van der Waals surface area contributed by atoms with E-state index >= 15 is 0 Å². The number of methoxy groups -OCH3 is 1. The molecule has 0 aliphatic heterocycles. The molecule has 1 aromatic heterocycles. The van der Waals surface area contributed by atoms with Crippen molar-refractivity contribution in [3.8, 4) is 11.5 Å². The van der Waals surface area contributed by atoms with Crippen LogP contribution in [-0.2, 0) is 19.1 Å². The fourth-order valence-corrected chi connectivity index (χ4v) is 2.66. The molecule has 1 heterocycles. The summed E-state index contributed by atoms with van der Waals surface area (Å²) in [5.74, 6) is 0.381. The van der Waals surface area contributed by atoms with Crippen molar-refractivity contribution in [2.75, 3.05) is 7.11 Å². The summed E-state index contributed by atoms with van der Waals surface area (Å²) in [7, 11) is 1.62. The van der Waals surface area contributed by atoms with Gasteiger partial charge in [0.2, 0.25) is 0 Å². The molecule has 5 nitrogen and oxygen atoms in total. The maximum atomic E-state index is 12.5. The average molecular weight is 391 g/mol. The van der Waals surface area contributed by atoms with Crippen LogP contribution >= 0.6 is 0 Å². The monoisotopic (exact) mass is 391 g/mol. The lowest BCUT2D eigenvalue weighted by Crippen LogP contribution is -2.09. The van der Waals surface area contributed by atoms with Gasteiger partial charge in [0.15, 0.2) is 0 Å². The first-order valence-corrected chi connectivity index (χ1v) is 8.71. The van der Waals surface area contributed by atoms with Crippen LogP contribution in [0.5, 0.6) is 11.5 Å². The number of hydrogen-bond acceptors (Lipinski definition) is 4. The summed E-state index contributed by atoms with van der Waals surface area (Å²) >= 11 is 0. The number of aryl methyl sites for hydroxylation is 2. The fourth-order valence-electron chi connectivity index (χ4n) is 2.66. The number of alkyl halides is 3. The van der Waals surface area contributed by atoms with E-state index in [2.05, 4.69) is 10.1 Å². The zero-order valence-electron chi connectivity index (χ0n) is 15.5.